The third-order valence-corrected chi connectivity index (χ3v) is 16.1. The number of hydrogen-bond donors (Lipinski definition) is 2. The molecule has 15 heteroatoms. The smallest absolute Gasteiger partial charge is 0.243 e. The summed E-state index contributed by atoms with van der Waals surface area (Å²) in [5.74, 6) is -3.76. The minimum Gasteiger partial charge on any atom is -0.368 e. The predicted octanol–water partition coefficient (Wildman–Crippen LogP) is 10.4. The molecule has 15 nitrogen and oxygen atoms in total. The van der Waals surface area contributed by atoms with Gasteiger partial charge in [-0.1, -0.05) is 212 Å². The van der Waals surface area contributed by atoms with Gasteiger partial charge in [-0.3, -0.25) is 33.6 Å². The van der Waals surface area contributed by atoms with E-state index in [0.29, 0.717) is 11.1 Å². The maximum atomic E-state index is 15.6. The molecule has 0 radical (unpaired) electrons. The first-order chi connectivity index (χ1) is 40.9. The summed E-state index contributed by atoms with van der Waals surface area (Å²) in [5, 5.41) is 3.35. The largest absolute Gasteiger partial charge is 0.368 e. The SMILES string of the molecule is C[C@H](NCC(=O)N(CC(=O)N(CC(=O)N(CC(=O)N(CC(=O)N(CC(=O)N(CC(N)=O)[C@@H](C)c1ccccc1)[C@@H](C)c1ccccc1)[C@@H](C)c1ccccc1)[C@@H](C)c1ccccc1)[C@@H](C)c1ccccc1)[C@@H](C)c1ccccc1)c1ccccc1. The highest BCUT2D eigenvalue weighted by Gasteiger charge is 2.37. The Morgan fingerprint density at radius 2 is 0.459 bits per heavy atom. The van der Waals surface area contributed by atoms with E-state index in [-0.39, 0.29) is 25.0 Å². The van der Waals surface area contributed by atoms with Crippen LogP contribution in [0, 0.1) is 0 Å². The lowest BCUT2D eigenvalue weighted by Crippen LogP contribution is -2.53. The van der Waals surface area contributed by atoms with E-state index in [4.69, 9.17) is 5.73 Å². The zero-order valence-electron chi connectivity index (χ0n) is 49.8. The van der Waals surface area contributed by atoms with Crippen molar-refractivity contribution < 1.29 is 33.6 Å². The molecule has 3 N–H and O–H groups in total. The fourth-order valence-electron chi connectivity index (χ4n) is 10.7. The maximum absolute atomic E-state index is 15.6. The van der Waals surface area contributed by atoms with E-state index in [1.54, 1.807) is 18.7 Å². The number of benzene rings is 7. The number of nitrogens with two attached hydrogens (primary N) is 1. The van der Waals surface area contributed by atoms with Crippen LogP contribution in [0.5, 0.6) is 0 Å². The molecule has 0 aliphatic carbocycles. The molecule has 0 aromatic heterocycles. The standard InChI is InChI=1S/C70H80N8O7/c1-50(57-29-15-8-16-30-57)72-43-65(80)74(52(3)59-33-19-10-20-34-59)45-67(82)76(54(5)61-37-23-12-24-38-61)47-69(84)78(56(7)63-41-27-14-28-42-63)49-70(85)77(55(6)62-39-25-13-26-40-62)48-68(83)75(53(4)60-35-21-11-22-36-60)46-66(81)73(44-64(71)79)51(2)58-31-17-9-18-32-58/h8-42,50-56,72H,43-49H2,1-7H3,(H2,71,79)/t50-,51-,52-,53-,54-,55-,56-/m0/s1. The van der Waals surface area contributed by atoms with E-state index < -0.39 is 104 Å². The van der Waals surface area contributed by atoms with Gasteiger partial charge in [0.15, 0.2) is 0 Å². The number of nitrogens with zero attached hydrogens (tertiary/aromatic N) is 6. The molecule has 7 atom stereocenters. The number of carbonyl (C=O) groups excluding carboxylic acids is 7. The van der Waals surface area contributed by atoms with Gasteiger partial charge in [-0.05, 0) is 87.4 Å². The van der Waals surface area contributed by atoms with Crippen LogP contribution < -0.4 is 11.1 Å². The molecular formula is C70H80N8O7. The lowest BCUT2D eigenvalue weighted by Gasteiger charge is -2.38. The van der Waals surface area contributed by atoms with Crippen LogP contribution in [0.25, 0.3) is 0 Å². The van der Waals surface area contributed by atoms with Gasteiger partial charge in [0.2, 0.25) is 41.4 Å². The van der Waals surface area contributed by atoms with Crippen molar-refractivity contribution in [2.45, 2.75) is 90.8 Å². The van der Waals surface area contributed by atoms with E-state index in [0.717, 1.165) is 27.8 Å². The summed E-state index contributed by atoms with van der Waals surface area (Å²) in [5.41, 5.74) is 11.2. The van der Waals surface area contributed by atoms with Gasteiger partial charge >= 0.3 is 0 Å². The average Bonchev–Trinajstić information content (AvgIpc) is 3.66. The summed E-state index contributed by atoms with van der Waals surface area (Å²) in [7, 11) is 0. The lowest BCUT2D eigenvalue weighted by molar-refractivity contribution is -0.152. The third kappa shape index (κ3) is 17.2. The van der Waals surface area contributed by atoms with Crippen LogP contribution >= 0.6 is 0 Å². The van der Waals surface area contributed by atoms with Gasteiger partial charge < -0.3 is 40.4 Å². The highest BCUT2D eigenvalue weighted by Crippen LogP contribution is 2.30. The summed E-state index contributed by atoms with van der Waals surface area (Å²) >= 11 is 0. The van der Waals surface area contributed by atoms with Gasteiger partial charge in [0, 0.05) is 6.04 Å². The summed E-state index contributed by atoms with van der Waals surface area (Å²) < 4.78 is 0. The first-order valence-electron chi connectivity index (χ1n) is 29.1. The molecule has 7 amide bonds. The number of nitrogens with one attached hydrogen (secondary N) is 1. The van der Waals surface area contributed by atoms with Crippen molar-refractivity contribution in [2.24, 2.45) is 5.73 Å². The molecule has 85 heavy (non-hydrogen) atoms. The fourth-order valence-corrected chi connectivity index (χ4v) is 10.7. The van der Waals surface area contributed by atoms with Crippen molar-refractivity contribution in [1.29, 1.82) is 0 Å². The number of primary amides is 1. The van der Waals surface area contributed by atoms with Crippen LogP contribution in [0.3, 0.4) is 0 Å². The van der Waals surface area contributed by atoms with Gasteiger partial charge in [-0.2, -0.15) is 0 Å². The molecule has 0 aliphatic rings. The van der Waals surface area contributed by atoms with E-state index >= 15 is 19.2 Å². The Bertz CT molecular complexity index is 3270. The lowest BCUT2D eigenvalue weighted by atomic mass is 10.0. The number of rotatable bonds is 28. The molecule has 0 saturated heterocycles. The van der Waals surface area contributed by atoms with Gasteiger partial charge in [0.05, 0.1) is 49.3 Å². The number of carbonyl (C=O) groups is 7. The van der Waals surface area contributed by atoms with Crippen molar-refractivity contribution >= 4 is 41.4 Å². The van der Waals surface area contributed by atoms with Crippen molar-refractivity contribution in [1.82, 2.24) is 34.7 Å². The second kappa shape index (κ2) is 30.9. The monoisotopic (exact) mass is 1140 g/mol. The van der Waals surface area contributed by atoms with Gasteiger partial charge in [-0.25, -0.2) is 0 Å². The molecule has 7 aromatic rings. The Morgan fingerprint density at radius 1 is 0.282 bits per heavy atom. The quantitative estimate of drug-likeness (QED) is 0.0487. The molecule has 7 rings (SSSR count). The topological polar surface area (TPSA) is 177 Å². The average molecular weight is 1150 g/mol. The summed E-state index contributed by atoms with van der Waals surface area (Å²) in [4.78, 5) is 112. The molecular weight excluding hydrogens is 1060 g/mol. The van der Waals surface area contributed by atoms with Crippen molar-refractivity contribution in [3.63, 3.8) is 0 Å². The summed E-state index contributed by atoms with van der Waals surface area (Å²) in [6, 6.07) is 61.4. The van der Waals surface area contributed by atoms with Crippen LogP contribution in [0.1, 0.15) is 130 Å². The second-order valence-electron chi connectivity index (χ2n) is 21.6. The Hall–Kier alpha value is -9.21. The van der Waals surface area contributed by atoms with Crippen molar-refractivity contribution in [2.75, 3.05) is 45.8 Å². The predicted molar refractivity (Wildman–Crippen MR) is 331 cm³/mol. The molecule has 0 fully saturated rings. The molecule has 442 valence electrons. The number of amides is 7. The van der Waals surface area contributed by atoms with Crippen LogP contribution in [-0.4, -0.2) is 117 Å². The van der Waals surface area contributed by atoms with Gasteiger partial charge in [-0.15, -0.1) is 0 Å². The zero-order valence-corrected chi connectivity index (χ0v) is 49.8. The van der Waals surface area contributed by atoms with Crippen LogP contribution in [0.2, 0.25) is 0 Å². The molecule has 0 bridgehead atoms. The molecule has 0 spiro atoms. The number of hydrogen-bond acceptors (Lipinski definition) is 8. The Labute approximate surface area is 501 Å². The first kappa shape index (κ1) is 63.4. The molecule has 7 aromatic carbocycles. The van der Waals surface area contributed by atoms with Crippen molar-refractivity contribution in [3.05, 3.63) is 251 Å². The molecule has 0 aliphatic heterocycles. The van der Waals surface area contributed by atoms with Gasteiger partial charge in [0.25, 0.3) is 0 Å². The Balaban J connectivity index is 1.23. The normalized spacial score (nSPS) is 13.5. The van der Waals surface area contributed by atoms with E-state index in [9.17, 15) is 14.4 Å². The fraction of sp³-hybridized carbons (Fsp3) is 0.300. The van der Waals surface area contributed by atoms with Gasteiger partial charge in [0.1, 0.15) is 32.7 Å². The summed E-state index contributed by atoms with van der Waals surface area (Å²) in [6.45, 7) is 10.1. The Kier molecular flexibility index (Phi) is 23.0. The molecule has 0 unspecified atom stereocenters. The Morgan fingerprint density at radius 3 is 0.659 bits per heavy atom. The zero-order chi connectivity index (χ0) is 61.0. The minimum absolute atomic E-state index is 0.0704. The minimum atomic E-state index is -0.729. The molecule has 0 heterocycles. The first-order valence-corrected chi connectivity index (χ1v) is 29.1. The summed E-state index contributed by atoms with van der Waals surface area (Å²) in [6.07, 6.45) is 0. The molecule has 0 saturated carbocycles. The van der Waals surface area contributed by atoms with Crippen LogP contribution in [0.4, 0.5) is 0 Å². The highest BCUT2D eigenvalue weighted by molar-refractivity contribution is 5.93. The van der Waals surface area contributed by atoms with E-state index in [2.05, 4.69) is 5.32 Å². The highest BCUT2D eigenvalue weighted by atomic mass is 16.2. The van der Waals surface area contributed by atoms with E-state index in [1.165, 1.54) is 24.5 Å². The van der Waals surface area contributed by atoms with Crippen molar-refractivity contribution in [3.8, 4) is 0 Å². The van der Waals surface area contributed by atoms with Crippen LogP contribution in [0.15, 0.2) is 212 Å². The van der Waals surface area contributed by atoms with E-state index in [1.807, 2.05) is 247 Å². The van der Waals surface area contributed by atoms with Crippen LogP contribution in [-0.2, 0) is 33.6 Å². The maximum Gasteiger partial charge on any atom is 0.243 e. The second-order valence-corrected chi connectivity index (χ2v) is 21.6. The third-order valence-electron chi connectivity index (χ3n) is 16.1.